The number of hydrogen-bond donors (Lipinski definition) is 1. The van der Waals surface area contributed by atoms with Crippen molar-refractivity contribution in [1.82, 2.24) is 9.78 Å². The Morgan fingerprint density at radius 1 is 1.35 bits per heavy atom. The van der Waals surface area contributed by atoms with Gasteiger partial charge in [0.2, 0.25) is 0 Å². The minimum atomic E-state index is -1.11. The lowest BCUT2D eigenvalue weighted by Gasteiger charge is -2.05. The third-order valence-electron chi connectivity index (χ3n) is 2.64. The van der Waals surface area contributed by atoms with E-state index < -0.39 is 5.97 Å². The van der Waals surface area contributed by atoms with Gasteiger partial charge >= 0.3 is 5.97 Å². The molecule has 0 fully saturated rings. The summed E-state index contributed by atoms with van der Waals surface area (Å²) in [4.78, 5) is 22.4. The molecular weight excluding hydrogens is 280 g/mol. The largest absolute Gasteiger partial charge is 0.478 e. The van der Waals surface area contributed by atoms with Crippen LogP contribution in [0.1, 0.15) is 5.56 Å². The van der Waals surface area contributed by atoms with Gasteiger partial charge in [-0.25, -0.2) is 9.48 Å². The Morgan fingerprint density at radius 2 is 2.00 bits per heavy atom. The molecule has 0 unspecified atom stereocenters. The lowest BCUT2D eigenvalue weighted by Crippen LogP contribution is -2.22. The normalized spacial score (nSPS) is 10.9. The van der Waals surface area contributed by atoms with Crippen LogP contribution in [0.5, 0.6) is 0 Å². The fourth-order valence-corrected chi connectivity index (χ4v) is 1.80. The number of aromatic nitrogens is 2. The van der Waals surface area contributed by atoms with Gasteiger partial charge in [0, 0.05) is 29.3 Å². The van der Waals surface area contributed by atoms with Gasteiger partial charge in [0.1, 0.15) is 0 Å². The predicted octanol–water partition coefficient (Wildman–Crippen LogP) is 2.20. The van der Waals surface area contributed by atoms with Gasteiger partial charge in [0.15, 0.2) is 0 Å². The lowest BCUT2D eigenvalue weighted by atomic mass is 10.1. The number of halogens is 1. The fraction of sp³-hybridized carbons (Fsp3) is 0.0714. The summed E-state index contributed by atoms with van der Waals surface area (Å²) in [5.74, 6) is -1.11. The third kappa shape index (κ3) is 3.13. The van der Waals surface area contributed by atoms with Crippen LogP contribution in [0.2, 0.25) is 5.02 Å². The highest BCUT2D eigenvalue weighted by atomic mass is 35.5. The van der Waals surface area contributed by atoms with Crippen molar-refractivity contribution >= 4 is 23.6 Å². The first-order valence-corrected chi connectivity index (χ1v) is 6.10. The molecule has 6 heteroatoms. The van der Waals surface area contributed by atoms with E-state index >= 15 is 0 Å². The molecule has 2 rings (SSSR count). The Labute approximate surface area is 119 Å². The molecule has 20 heavy (non-hydrogen) atoms. The minimum absolute atomic E-state index is 0.259. The second-order valence-electron chi connectivity index (χ2n) is 4.09. The summed E-state index contributed by atoms with van der Waals surface area (Å²) in [5.41, 5.74) is 1.25. The first kappa shape index (κ1) is 14.0. The second-order valence-corrected chi connectivity index (χ2v) is 4.53. The summed E-state index contributed by atoms with van der Waals surface area (Å²) >= 11 is 5.82. The zero-order chi connectivity index (χ0) is 14.7. The Kier molecular flexibility index (Phi) is 4.00. The molecule has 0 saturated carbocycles. The highest BCUT2D eigenvalue weighted by Gasteiger charge is 2.06. The molecule has 0 radical (unpaired) electrons. The van der Waals surface area contributed by atoms with Crippen LogP contribution in [0.3, 0.4) is 0 Å². The van der Waals surface area contributed by atoms with Crippen molar-refractivity contribution in [2.75, 3.05) is 0 Å². The van der Waals surface area contributed by atoms with Crippen LogP contribution in [0.4, 0.5) is 0 Å². The van der Waals surface area contributed by atoms with E-state index in [1.54, 1.807) is 30.3 Å². The zero-order valence-electron chi connectivity index (χ0n) is 10.6. The molecule has 1 N–H and O–H groups in total. The SMILES string of the molecule is Cn1nc(-c2ccc(Cl)cc2)cc(/C=C/C(=O)O)c1=O. The first-order valence-electron chi connectivity index (χ1n) is 5.72. The van der Waals surface area contributed by atoms with Crippen LogP contribution in [-0.2, 0) is 11.8 Å². The van der Waals surface area contributed by atoms with Gasteiger partial charge in [-0.3, -0.25) is 4.79 Å². The van der Waals surface area contributed by atoms with E-state index in [-0.39, 0.29) is 11.1 Å². The summed E-state index contributed by atoms with van der Waals surface area (Å²) < 4.78 is 1.17. The van der Waals surface area contributed by atoms with E-state index in [0.717, 1.165) is 11.6 Å². The van der Waals surface area contributed by atoms with Crippen molar-refractivity contribution in [3.63, 3.8) is 0 Å². The third-order valence-corrected chi connectivity index (χ3v) is 2.89. The Balaban J connectivity index is 2.53. The van der Waals surface area contributed by atoms with Crippen molar-refractivity contribution in [2.24, 2.45) is 7.05 Å². The van der Waals surface area contributed by atoms with E-state index in [9.17, 15) is 9.59 Å². The van der Waals surface area contributed by atoms with Gasteiger partial charge in [-0.1, -0.05) is 23.7 Å². The molecule has 0 saturated heterocycles. The average Bonchev–Trinajstić information content (AvgIpc) is 2.41. The Hall–Kier alpha value is -2.40. The molecule has 0 bridgehead atoms. The topological polar surface area (TPSA) is 72.2 Å². The predicted molar refractivity (Wildman–Crippen MR) is 76.6 cm³/mol. The van der Waals surface area contributed by atoms with Crippen LogP contribution in [0.25, 0.3) is 17.3 Å². The average molecular weight is 291 g/mol. The quantitative estimate of drug-likeness (QED) is 0.880. The highest BCUT2D eigenvalue weighted by Crippen LogP contribution is 2.19. The number of carboxylic acid groups (broad SMARTS) is 1. The fourth-order valence-electron chi connectivity index (χ4n) is 1.67. The summed E-state index contributed by atoms with van der Waals surface area (Å²) in [6, 6.07) is 8.54. The van der Waals surface area contributed by atoms with E-state index in [2.05, 4.69) is 5.10 Å². The summed E-state index contributed by atoms with van der Waals surface area (Å²) in [7, 11) is 1.51. The smallest absolute Gasteiger partial charge is 0.328 e. The first-order chi connectivity index (χ1) is 9.47. The summed E-state index contributed by atoms with van der Waals surface area (Å²) in [6.45, 7) is 0. The molecule has 0 amide bonds. The van der Waals surface area contributed by atoms with Crippen molar-refractivity contribution in [3.8, 4) is 11.3 Å². The van der Waals surface area contributed by atoms with Crippen LogP contribution in [-0.4, -0.2) is 20.9 Å². The van der Waals surface area contributed by atoms with Crippen molar-refractivity contribution in [1.29, 1.82) is 0 Å². The van der Waals surface area contributed by atoms with Crippen molar-refractivity contribution in [3.05, 3.63) is 57.3 Å². The van der Waals surface area contributed by atoms with E-state index in [4.69, 9.17) is 16.7 Å². The van der Waals surface area contributed by atoms with Gasteiger partial charge in [-0.2, -0.15) is 5.10 Å². The van der Waals surface area contributed by atoms with Crippen molar-refractivity contribution in [2.45, 2.75) is 0 Å². The molecule has 0 aliphatic carbocycles. The highest BCUT2D eigenvalue weighted by molar-refractivity contribution is 6.30. The molecule has 2 aromatic rings. The van der Waals surface area contributed by atoms with Crippen LogP contribution >= 0.6 is 11.6 Å². The number of benzene rings is 1. The maximum absolute atomic E-state index is 11.9. The minimum Gasteiger partial charge on any atom is -0.478 e. The summed E-state index contributed by atoms with van der Waals surface area (Å²) in [6.07, 6.45) is 2.17. The maximum Gasteiger partial charge on any atom is 0.328 e. The maximum atomic E-state index is 11.9. The van der Waals surface area contributed by atoms with Gasteiger partial charge in [0.05, 0.1) is 5.69 Å². The lowest BCUT2D eigenvalue weighted by molar-refractivity contribution is -0.131. The number of aliphatic carboxylic acids is 1. The molecule has 102 valence electrons. The Bertz CT molecular complexity index is 733. The second kappa shape index (κ2) is 5.71. The molecule has 1 heterocycles. The van der Waals surface area contributed by atoms with E-state index in [0.29, 0.717) is 10.7 Å². The van der Waals surface area contributed by atoms with Crippen LogP contribution in [0.15, 0.2) is 41.2 Å². The number of carbonyl (C=O) groups is 1. The number of rotatable bonds is 3. The van der Waals surface area contributed by atoms with E-state index in [1.165, 1.54) is 17.8 Å². The van der Waals surface area contributed by atoms with E-state index in [1.807, 2.05) is 0 Å². The number of nitrogens with zero attached hydrogens (tertiary/aromatic N) is 2. The monoisotopic (exact) mass is 290 g/mol. The van der Waals surface area contributed by atoms with Crippen LogP contribution in [0, 0.1) is 0 Å². The standard InChI is InChI=1S/C14H11ClN2O3/c1-17-14(20)10(4-7-13(18)19)8-12(16-17)9-2-5-11(15)6-3-9/h2-8H,1H3,(H,18,19)/b7-4+. The molecular formula is C14H11ClN2O3. The van der Waals surface area contributed by atoms with Gasteiger partial charge in [-0.15, -0.1) is 0 Å². The molecule has 0 aliphatic heterocycles. The van der Waals surface area contributed by atoms with Crippen LogP contribution < -0.4 is 5.56 Å². The molecule has 0 aliphatic rings. The van der Waals surface area contributed by atoms with Gasteiger partial charge in [-0.05, 0) is 24.3 Å². The molecule has 0 atom stereocenters. The zero-order valence-corrected chi connectivity index (χ0v) is 11.3. The number of hydrogen-bond acceptors (Lipinski definition) is 3. The van der Waals surface area contributed by atoms with Gasteiger partial charge < -0.3 is 5.11 Å². The molecule has 0 spiro atoms. The van der Waals surface area contributed by atoms with Crippen molar-refractivity contribution < 1.29 is 9.90 Å². The Morgan fingerprint density at radius 3 is 2.60 bits per heavy atom. The number of carboxylic acids is 1. The molecule has 1 aromatic carbocycles. The number of aryl methyl sites for hydroxylation is 1. The molecule has 5 nitrogen and oxygen atoms in total. The molecule has 1 aromatic heterocycles. The summed E-state index contributed by atoms with van der Waals surface area (Å²) in [5, 5.41) is 13.4. The van der Waals surface area contributed by atoms with Gasteiger partial charge in [0.25, 0.3) is 5.56 Å².